The van der Waals surface area contributed by atoms with E-state index in [9.17, 15) is 4.79 Å². The van der Waals surface area contributed by atoms with E-state index in [1.807, 2.05) is 54.6 Å². The van der Waals surface area contributed by atoms with Crippen LogP contribution in [0, 0.1) is 0 Å². The van der Waals surface area contributed by atoms with Crippen LogP contribution in [0.5, 0.6) is 11.5 Å². The number of hydrogen-bond acceptors (Lipinski definition) is 4. The molecule has 5 heteroatoms. The molecule has 0 aromatic heterocycles. The summed E-state index contributed by atoms with van der Waals surface area (Å²) in [7, 11) is 1.58. The minimum Gasteiger partial charge on any atom is -0.493 e. The number of rotatable bonds is 7. The second-order valence-electron chi connectivity index (χ2n) is 5.95. The van der Waals surface area contributed by atoms with E-state index in [0.29, 0.717) is 18.0 Å². The summed E-state index contributed by atoms with van der Waals surface area (Å²) in [5.41, 5.74) is 3.04. The minimum absolute atomic E-state index is 0.0806. The van der Waals surface area contributed by atoms with Gasteiger partial charge in [0.25, 0.3) is 5.91 Å². The largest absolute Gasteiger partial charge is 0.493 e. The molecule has 0 bridgehead atoms. The third-order valence-corrected chi connectivity index (χ3v) is 4.16. The van der Waals surface area contributed by atoms with E-state index in [1.54, 1.807) is 7.11 Å². The zero-order chi connectivity index (χ0) is 18.4. The fraction of sp³-hybridized carbons (Fsp3) is 0.238. The molecule has 2 aromatic rings. The SMILES string of the molecule is C=CCc1ccc(OCC(=O)N2CCC(c3ccccc3)=N2)c(OC)c1. The van der Waals surface area contributed by atoms with E-state index in [4.69, 9.17) is 9.47 Å². The van der Waals surface area contributed by atoms with Crippen molar-refractivity contribution < 1.29 is 14.3 Å². The van der Waals surface area contributed by atoms with Crippen LogP contribution in [-0.4, -0.2) is 36.9 Å². The number of carbonyl (C=O) groups is 1. The Balaban J connectivity index is 1.63. The smallest absolute Gasteiger partial charge is 0.280 e. The molecular formula is C21H22N2O3. The van der Waals surface area contributed by atoms with Gasteiger partial charge in [-0.1, -0.05) is 42.5 Å². The van der Waals surface area contributed by atoms with Crippen molar-refractivity contribution in [3.63, 3.8) is 0 Å². The molecular weight excluding hydrogens is 328 g/mol. The summed E-state index contributed by atoms with van der Waals surface area (Å²) in [6, 6.07) is 15.5. The molecule has 26 heavy (non-hydrogen) atoms. The molecule has 3 rings (SSSR count). The minimum atomic E-state index is -0.173. The van der Waals surface area contributed by atoms with Crippen molar-refractivity contribution in [1.82, 2.24) is 5.01 Å². The third-order valence-electron chi connectivity index (χ3n) is 4.16. The molecule has 0 atom stereocenters. The standard InChI is InChI=1S/C21H22N2O3/c1-3-7-16-10-11-19(20(14-16)25-2)26-15-21(24)23-13-12-18(22-23)17-8-5-4-6-9-17/h3-6,8-11,14H,1,7,12-13,15H2,2H3. The first-order chi connectivity index (χ1) is 12.7. The van der Waals surface area contributed by atoms with Crippen molar-refractivity contribution in [3.8, 4) is 11.5 Å². The molecule has 134 valence electrons. The molecule has 0 unspecified atom stereocenters. The van der Waals surface area contributed by atoms with Crippen LogP contribution in [0.4, 0.5) is 0 Å². The second kappa shape index (κ2) is 8.34. The molecule has 1 amide bonds. The molecule has 0 saturated heterocycles. The molecule has 5 nitrogen and oxygen atoms in total. The van der Waals surface area contributed by atoms with Crippen LogP contribution in [0.15, 0.2) is 66.3 Å². The molecule has 0 aliphatic carbocycles. The average Bonchev–Trinajstić information content (AvgIpc) is 3.18. The van der Waals surface area contributed by atoms with Gasteiger partial charge in [0.15, 0.2) is 18.1 Å². The average molecular weight is 350 g/mol. The molecule has 1 aliphatic heterocycles. The highest BCUT2D eigenvalue weighted by Gasteiger charge is 2.22. The molecule has 0 fully saturated rings. The van der Waals surface area contributed by atoms with Gasteiger partial charge in [-0.25, -0.2) is 5.01 Å². The van der Waals surface area contributed by atoms with Crippen molar-refractivity contribution in [2.45, 2.75) is 12.8 Å². The monoisotopic (exact) mass is 350 g/mol. The molecule has 1 aliphatic rings. The summed E-state index contributed by atoms with van der Waals surface area (Å²) < 4.78 is 11.0. The van der Waals surface area contributed by atoms with Crippen LogP contribution in [0.25, 0.3) is 0 Å². The first kappa shape index (κ1) is 17.7. The molecule has 0 spiro atoms. The number of nitrogens with zero attached hydrogens (tertiary/aromatic N) is 2. The molecule has 1 heterocycles. The number of allylic oxidation sites excluding steroid dienone is 1. The Bertz CT molecular complexity index is 815. The normalized spacial score (nSPS) is 13.3. The summed E-state index contributed by atoms with van der Waals surface area (Å²) in [6.07, 6.45) is 3.32. The maximum Gasteiger partial charge on any atom is 0.280 e. The van der Waals surface area contributed by atoms with Crippen LogP contribution < -0.4 is 9.47 Å². The molecule has 0 radical (unpaired) electrons. The van der Waals surface area contributed by atoms with Gasteiger partial charge in [0.05, 0.1) is 19.4 Å². The Labute approximate surface area is 153 Å². The van der Waals surface area contributed by atoms with Crippen molar-refractivity contribution in [2.24, 2.45) is 5.10 Å². The van der Waals surface area contributed by atoms with Crippen molar-refractivity contribution in [2.75, 3.05) is 20.3 Å². The number of ether oxygens (including phenoxy) is 2. The molecule has 2 aromatic carbocycles. The van der Waals surface area contributed by atoms with Gasteiger partial charge >= 0.3 is 0 Å². The second-order valence-corrected chi connectivity index (χ2v) is 5.95. The Morgan fingerprint density at radius 2 is 2.04 bits per heavy atom. The van der Waals surface area contributed by atoms with Crippen LogP contribution in [0.1, 0.15) is 17.5 Å². The lowest BCUT2D eigenvalue weighted by atomic mass is 10.1. The quantitative estimate of drug-likeness (QED) is 0.719. The van der Waals surface area contributed by atoms with E-state index < -0.39 is 0 Å². The van der Waals surface area contributed by atoms with Crippen LogP contribution in [-0.2, 0) is 11.2 Å². The number of methoxy groups -OCH3 is 1. The predicted octanol–water partition coefficient (Wildman–Crippen LogP) is 3.44. The van der Waals surface area contributed by atoms with E-state index in [-0.39, 0.29) is 12.5 Å². The predicted molar refractivity (Wildman–Crippen MR) is 102 cm³/mol. The summed E-state index contributed by atoms with van der Waals surface area (Å²) in [4.78, 5) is 12.4. The van der Waals surface area contributed by atoms with Crippen LogP contribution in [0.3, 0.4) is 0 Å². The van der Waals surface area contributed by atoms with Gasteiger partial charge in [0, 0.05) is 6.42 Å². The van der Waals surface area contributed by atoms with E-state index in [1.165, 1.54) is 5.01 Å². The van der Waals surface area contributed by atoms with Crippen LogP contribution in [0.2, 0.25) is 0 Å². The third kappa shape index (κ3) is 4.11. The fourth-order valence-electron chi connectivity index (χ4n) is 2.81. The lowest BCUT2D eigenvalue weighted by molar-refractivity contribution is -0.132. The highest BCUT2D eigenvalue weighted by molar-refractivity contribution is 6.02. The zero-order valence-electron chi connectivity index (χ0n) is 14.9. The van der Waals surface area contributed by atoms with Crippen LogP contribution >= 0.6 is 0 Å². The first-order valence-corrected chi connectivity index (χ1v) is 8.55. The Morgan fingerprint density at radius 1 is 1.23 bits per heavy atom. The molecule has 0 N–H and O–H groups in total. The number of amides is 1. The van der Waals surface area contributed by atoms with Gasteiger partial charge in [-0.2, -0.15) is 5.10 Å². The summed E-state index contributed by atoms with van der Waals surface area (Å²) in [6.45, 7) is 4.22. The van der Waals surface area contributed by atoms with Gasteiger partial charge < -0.3 is 9.47 Å². The maximum absolute atomic E-state index is 12.4. The lowest BCUT2D eigenvalue weighted by Crippen LogP contribution is -2.28. The number of hydrogen-bond donors (Lipinski definition) is 0. The summed E-state index contributed by atoms with van der Waals surface area (Å²) in [5.74, 6) is 0.973. The Hall–Kier alpha value is -3.08. The van der Waals surface area contributed by atoms with Gasteiger partial charge in [-0.15, -0.1) is 6.58 Å². The number of benzene rings is 2. The maximum atomic E-state index is 12.4. The van der Waals surface area contributed by atoms with E-state index in [2.05, 4.69) is 11.7 Å². The Kier molecular flexibility index (Phi) is 5.69. The van der Waals surface area contributed by atoms with Crippen molar-refractivity contribution in [1.29, 1.82) is 0 Å². The fourth-order valence-corrected chi connectivity index (χ4v) is 2.81. The van der Waals surface area contributed by atoms with E-state index in [0.717, 1.165) is 29.7 Å². The summed E-state index contributed by atoms with van der Waals surface area (Å²) >= 11 is 0. The molecule has 0 saturated carbocycles. The lowest BCUT2D eigenvalue weighted by Gasteiger charge is -2.14. The zero-order valence-corrected chi connectivity index (χ0v) is 14.9. The topological polar surface area (TPSA) is 51.1 Å². The van der Waals surface area contributed by atoms with Gasteiger partial charge in [-0.05, 0) is 29.7 Å². The van der Waals surface area contributed by atoms with Crippen molar-refractivity contribution >= 4 is 11.6 Å². The van der Waals surface area contributed by atoms with Crippen molar-refractivity contribution in [3.05, 3.63) is 72.3 Å². The summed E-state index contributed by atoms with van der Waals surface area (Å²) in [5, 5.41) is 5.90. The van der Waals surface area contributed by atoms with Gasteiger partial charge in [-0.3, -0.25) is 4.79 Å². The Morgan fingerprint density at radius 3 is 2.77 bits per heavy atom. The number of hydrazone groups is 1. The van der Waals surface area contributed by atoms with Gasteiger partial charge in [0.1, 0.15) is 0 Å². The van der Waals surface area contributed by atoms with E-state index >= 15 is 0 Å². The highest BCUT2D eigenvalue weighted by Crippen LogP contribution is 2.28. The number of carbonyl (C=O) groups excluding carboxylic acids is 1. The first-order valence-electron chi connectivity index (χ1n) is 8.55. The van der Waals surface area contributed by atoms with Gasteiger partial charge in [0.2, 0.25) is 0 Å². The highest BCUT2D eigenvalue weighted by atomic mass is 16.5.